The molecule has 0 aromatic heterocycles. The van der Waals surface area contributed by atoms with E-state index in [2.05, 4.69) is 22.6 Å². The zero-order valence-electron chi connectivity index (χ0n) is 29.5. The predicted molar refractivity (Wildman–Crippen MR) is 186 cm³/mol. The SMILES string of the molecule is CCC(C)(CC(C)(CC(C)(C)C(=O)OCCN(C)C)C(=O)OCc1cccc(I)c1)C(=O)OC1C2CC3CC1CC(OC(C)=O)(C3)C2. The number of halogens is 1. The van der Waals surface area contributed by atoms with E-state index in [1.165, 1.54) is 6.92 Å². The minimum atomic E-state index is -1.20. The first-order chi connectivity index (χ1) is 21.9. The van der Waals surface area contributed by atoms with Crippen molar-refractivity contribution in [1.29, 1.82) is 0 Å². The monoisotopic (exact) mass is 767 g/mol. The fourth-order valence-corrected chi connectivity index (χ4v) is 9.32. The number of esters is 4. The Bertz CT molecular complexity index is 1310. The average molecular weight is 768 g/mol. The van der Waals surface area contributed by atoms with E-state index in [4.69, 9.17) is 18.9 Å². The molecular weight excluding hydrogens is 713 g/mol. The third-order valence-corrected chi connectivity index (χ3v) is 11.4. The van der Waals surface area contributed by atoms with E-state index >= 15 is 0 Å². The van der Waals surface area contributed by atoms with Crippen LogP contribution in [0.2, 0.25) is 0 Å². The van der Waals surface area contributed by atoms with Gasteiger partial charge in [-0.25, -0.2) is 0 Å². The number of benzene rings is 1. The van der Waals surface area contributed by atoms with Gasteiger partial charge in [-0.1, -0.05) is 19.1 Å². The molecule has 0 saturated heterocycles. The molecule has 5 rings (SSSR count). The molecule has 0 heterocycles. The van der Waals surface area contributed by atoms with Gasteiger partial charge in [0.05, 0.1) is 16.2 Å². The van der Waals surface area contributed by atoms with Gasteiger partial charge in [0, 0.05) is 28.9 Å². The van der Waals surface area contributed by atoms with Crippen LogP contribution in [0.5, 0.6) is 0 Å². The second-order valence-corrected chi connectivity index (χ2v) is 17.2. The summed E-state index contributed by atoms with van der Waals surface area (Å²) in [4.78, 5) is 55.5. The summed E-state index contributed by atoms with van der Waals surface area (Å²) in [5, 5.41) is 0. The average Bonchev–Trinajstić information content (AvgIpc) is 2.96. The van der Waals surface area contributed by atoms with Crippen molar-refractivity contribution in [3.8, 4) is 0 Å². The highest BCUT2D eigenvalue weighted by Crippen LogP contribution is 2.58. The van der Waals surface area contributed by atoms with E-state index < -0.39 is 33.8 Å². The molecule has 1 aromatic rings. The van der Waals surface area contributed by atoms with Gasteiger partial charge in [0.15, 0.2) is 0 Å². The zero-order valence-corrected chi connectivity index (χ0v) is 31.6. The Labute approximate surface area is 294 Å². The van der Waals surface area contributed by atoms with Crippen molar-refractivity contribution in [1.82, 2.24) is 4.90 Å². The lowest BCUT2D eigenvalue weighted by Crippen LogP contribution is -2.59. The topological polar surface area (TPSA) is 108 Å². The summed E-state index contributed by atoms with van der Waals surface area (Å²) in [6.07, 6.45) is 4.74. The number of carbonyl (C=O) groups excluding carboxylic acids is 4. The van der Waals surface area contributed by atoms with Gasteiger partial charge in [0.1, 0.15) is 24.9 Å². The normalized spacial score (nSPS) is 27.4. The van der Waals surface area contributed by atoms with E-state index in [-0.39, 0.29) is 55.9 Å². The molecule has 4 saturated carbocycles. The van der Waals surface area contributed by atoms with Crippen LogP contribution in [-0.2, 0) is 44.7 Å². The van der Waals surface area contributed by atoms with E-state index in [0.29, 0.717) is 31.7 Å². The van der Waals surface area contributed by atoms with Crippen molar-refractivity contribution in [3.63, 3.8) is 0 Å². The maximum absolute atomic E-state index is 14.2. The Balaban J connectivity index is 1.54. The summed E-state index contributed by atoms with van der Waals surface area (Å²) in [6.45, 7) is 11.5. The van der Waals surface area contributed by atoms with Gasteiger partial charge in [0.2, 0.25) is 0 Å². The molecule has 0 aliphatic heterocycles. The predicted octanol–water partition coefficient (Wildman–Crippen LogP) is 6.72. The first kappa shape index (κ1) is 37.6. The minimum Gasteiger partial charge on any atom is -0.464 e. The van der Waals surface area contributed by atoms with E-state index in [1.54, 1.807) is 20.8 Å². The summed E-state index contributed by atoms with van der Waals surface area (Å²) >= 11 is 2.22. The third-order valence-electron chi connectivity index (χ3n) is 10.7. The number of likely N-dealkylation sites (N-methyl/N-ethyl adjacent to an activating group) is 1. The van der Waals surface area contributed by atoms with Crippen molar-refractivity contribution in [2.45, 2.75) is 111 Å². The molecule has 4 bridgehead atoms. The Morgan fingerprint density at radius 2 is 1.57 bits per heavy atom. The largest absolute Gasteiger partial charge is 0.464 e. The van der Waals surface area contributed by atoms with Crippen LogP contribution in [0.25, 0.3) is 0 Å². The van der Waals surface area contributed by atoms with Crippen LogP contribution in [0.4, 0.5) is 0 Å². The third kappa shape index (κ3) is 9.08. The van der Waals surface area contributed by atoms with Crippen LogP contribution in [0.15, 0.2) is 24.3 Å². The second-order valence-electron chi connectivity index (χ2n) is 16.0. The lowest BCUT2D eigenvalue weighted by molar-refractivity contribution is -0.219. The standard InChI is InChI=1S/C37H54INO8/c1-9-35(5,33(43)46-30-27-15-26-16-28(30)20-37(18-26,19-27)47-24(2)40)23-36(6,22-34(3,4)31(41)44-14-13-39(7)8)32(42)45-21-25-11-10-12-29(38)17-25/h10-12,17,26-28,30H,9,13-16,18-23H2,1-8H3. The van der Waals surface area contributed by atoms with Gasteiger partial charge < -0.3 is 23.8 Å². The molecule has 4 aliphatic carbocycles. The lowest BCUT2D eigenvalue weighted by atomic mass is 9.53. The quantitative estimate of drug-likeness (QED) is 0.109. The van der Waals surface area contributed by atoms with Gasteiger partial charge in [-0.05, 0) is 139 Å². The van der Waals surface area contributed by atoms with Gasteiger partial charge in [-0.3, -0.25) is 19.2 Å². The van der Waals surface area contributed by atoms with E-state index in [0.717, 1.165) is 28.4 Å². The first-order valence-corrected chi connectivity index (χ1v) is 18.1. The number of hydrogen-bond donors (Lipinski definition) is 0. The highest BCUT2D eigenvalue weighted by molar-refractivity contribution is 14.1. The Morgan fingerprint density at radius 3 is 2.15 bits per heavy atom. The molecule has 262 valence electrons. The fraction of sp³-hybridized carbons (Fsp3) is 0.730. The van der Waals surface area contributed by atoms with E-state index in [9.17, 15) is 19.2 Å². The summed E-state index contributed by atoms with van der Waals surface area (Å²) in [6, 6.07) is 7.75. The number of hydrogen-bond acceptors (Lipinski definition) is 9. The molecule has 0 N–H and O–H groups in total. The first-order valence-electron chi connectivity index (χ1n) is 17.0. The second kappa shape index (κ2) is 14.7. The smallest absolute Gasteiger partial charge is 0.312 e. The van der Waals surface area contributed by atoms with Crippen molar-refractivity contribution in [3.05, 3.63) is 33.4 Å². The van der Waals surface area contributed by atoms with Crippen LogP contribution in [0.3, 0.4) is 0 Å². The molecule has 47 heavy (non-hydrogen) atoms. The summed E-state index contributed by atoms with van der Waals surface area (Å²) in [5.41, 5.74) is -2.80. The maximum atomic E-state index is 14.2. The summed E-state index contributed by atoms with van der Waals surface area (Å²) in [7, 11) is 3.82. The van der Waals surface area contributed by atoms with Crippen LogP contribution in [0, 0.1) is 37.6 Å². The molecule has 0 radical (unpaired) electrons. The van der Waals surface area contributed by atoms with Gasteiger partial charge in [-0.2, -0.15) is 0 Å². The summed E-state index contributed by atoms with van der Waals surface area (Å²) < 4.78 is 24.9. The van der Waals surface area contributed by atoms with Gasteiger partial charge in [-0.15, -0.1) is 0 Å². The summed E-state index contributed by atoms with van der Waals surface area (Å²) in [5.74, 6) is -0.676. The van der Waals surface area contributed by atoms with Crippen molar-refractivity contribution in [2.24, 2.45) is 34.0 Å². The minimum absolute atomic E-state index is 0.0863. The molecule has 1 aromatic carbocycles. The molecule has 4 unspecified atom stereocenters. The molecule has 4 fully saturated rings. The van der Waals surface area contributed by atoms with Crippen LogP contribution in [0.1, 0.15) is 98.5 Å². The molecule has 0 amide bonds. The molecular formula is C37H54INO8. The lowest BCUT2D eigenvalue weighted by Gasteiger charge is -2.58. The number of nitrogens with zero attached hydrogens (tertiary/aromatic N) is 1. The number of rotatable bonds is 15. The maximum Gasteiger partial charge on any atom is 0.312 e. The number of carbonyl (C=O) groups is 4. The van der Waals surface area contributed by atoms with Gasteiger partial charge >= 0.3 is 23.9 Å². The molecule has 4 aliphatic rings. The molecule has 10 heteroatoms. The van der Waals surface area contributed by atoms with E-state index in [1.807, 2.05) is 57.1 Å². The van der Waals surface area contributed by atoms with Crippen molar-refractivity contribution >= 4 is 46.5 Å². The van der Waals surface area contributed by atoms with Crippen molar-refractivity contribution in [2.75, 3.05) is 27.2 Å². The highest BCUT2D eigenvalue weighted by atomic mass is 127. The highest BCUT2D eigenvalue weighted by Gasteiger charge is 2.59. The number of ether oxygens (including phenoxy) is 4. The van der Waals surface area contributed by atoms with Crippen LogP contribution in [-0.4, -0.2) is 67.7 Å². The Hall–Kier alpha value is -2.21. The van der Waals surface area contributed by atoms with Crippen LogP contribution < -0.4 is 0 Å². The molecule has 0 spiro atoms. The molecule has 4 atom stereocenters. The van der Waals surface area contributed by atoms with Gasteiger partial charge in [0.25, 0.3) is 0 Å². The Kier molecular flexibility index (Phi) is 11.8. The zero-order chi connectivity index (χ0) is 34.8. The molecule has 9 nitrogen and oxygen atoms in total. The fourth-order valence-electron chi connectivity index (χ4n) is 8.71. The Morgan fingerprint density at radius 1 is 0.915 bits per heavy atom. The van der Waals surface area contributed by atoms with Crippen LogP contribution >= 0.6 is 22.6 Å². The van der Waals surface area contributed by atoms with Crippen molar-refractivity contribution < 1.29 is 38.1 Å².